The topological polar surface area (TPSA) is 126 Å². The van der Waals surface area contributed by atoms with Gasteiger partial charge in [-0.15, -0.1) is 0 Å². The van der Waals surface area contributed by atoms with Crippen LogP contribution in [0.1, 0.15) is 37.9 Å². The molecule has 1 aliphatic rings. The van der Waals surface area contributed by atoms with Gasteiger partial charge in [0.25, 0.3) is 10.1 Å². The van der Waals surface area contributed by atoms with Gasteiger partial charge in [-0.1, -0.05) is 49.4 Å². The standard InChI is InChI=1S/C25H25ClN4O2.CH4O3S.CH4/c1-16-10-23(28-24(31)14-21-8-5-9-27-21)29-30(16)15-19-12-20(26)11-18-13-22(32-25(18)19)17-6-3-2-4-7-17;1-5(2,3)4;/h2-4,6-7,10-13,21,27H,5,8-9,14-15H2,1H3,(H,28,29,31);1H3,(H,2,3,4);1H4/t21-;;/m0../s1. The number of amides is 1. The Bertz CT molecular complexity index is 1480. The lowest BCUT2D eigenvalue weighted by molar-refractivity contribution is -0.116. The maximum Gasteiger partial charge on any atom is 0.261 e. The molecule has 0 radical (unpaired) electrons. The summed E-state index contributed by atoms with van der Waals surface area (Å²) in [7, 11) is -3.67. The lowest BCUT2D eigenvalue weighted by atomic mass is 10.1. The molecule has 9 nitrogen and oxygen atoms in total. The van der Waals surface area contributed by atoms with Crippen LogP contribution in [-0.2, 0) is 21.5 Å². The van der Waals surface area contributed by atoms with Crippen LogP contribution in [0.2, 0.25) is 5.02 Å². The van der Waals surface area contributed by atoms with Gasteiger partial charge in [-0.2, -0.15) is 13.5 Å². The number of hydrogen-bond acceptors (Lipinski definition) is 6. The molecule has 0 saturated carbocycles. The van der Waals surface area contributed by atoms with Crippen molar-refractivity contribution in [1.29, 1.82) is 0 Å². The van der Waals surface area contributed by atoms with E-state index in [9.17, 15) is 13.2 Å². The Morgan fingerprint density at radius 2 is 1.95 bits per heavy atom. The van der Waals surface area contributed by atoms with Gasteiger partial charge in [-0.05, 0) is 44.5 Å². The highest BCUT2D eigenvalue weighted by Gasteiger charge is 2.19. The van der Waals surface area contributed by atoms with Crippen LogP contribution in [0.5, 0.6) is 0 Å². The molecule has 1 fully saturated rings. The minimum absolute atomic E-state index is 0. The number of aryl methyl sites for hydroxylation is 1. The van der Waals surface area contributed by atoms with Crippen molar-refractivity contribution in [3.63, 3.8) is 0 Å². The first-order chi connectivity index (χ1) is 17.5. The molecule has 204 valence electrons. The predicted octanol–water partition coefficient (Wildman–Crippen LogP) is 5.53. The lowest BCUT2D eigenvalue weighted by Gasteiger charge is -2.09. The molecule has 11 heteroatoms. The number of rotatable bonds is 6. The van der Waals surface area contributed by atoms with Gasteiger partial charge in [0.2, 0.25) is 5.91 Å². The Morgan fingerprint density at radius 1 is 1.24 bits per heavy atom. The molecule has 0 aliphatic carbocycles. The molecular weight excluding hydrogens is 528 g/mol. The Hall–Kier alpha value is -3.18. The first-order valence-corrected chi connectivity index (χ1v) is 14.1. The third kappa shape index (κ3) is 8.16. The highest BCUT2D eigenvalue weighted by molar-refractivity contribution is 7.85. The van der Waals surface area contributed by atoms with E-state index >= 15 is 0 Å². The Labute approximate surface area is 227 Å². The molecule has 1 amide bonds. The highest BCUT2D eigenvalue weighted by Crippen LogP contribution is 2.32. The molecule has 1 aliphatic heterocycles. The fourth-order valence-electron chi connectivity index (χ4n) is 4.29. The monoisotopic (exact) mass is 560 g/mol. The van der Waals surface area contributed by atoms with E-state index in [0.717, 1.165) is 52.9 Å². The van der Waals surface area contributed by atoms with Crippen molar-refractivity contribution in [3.05, 3.63) is 70.9 Å². The van der Waals surface area contributed by atoms with Crippen LogP contribution in [0.3, 0.4) is 0 Å². The average molecular weight is 561 g/mol. The Kier molecular flexibility index (Phi) is 9.72. The minimum Gasteiger partial charge on any atom is -0.456 e. The lowest BCUT2D eigenvalue weighted by Crippen LogP contribution is -2.27. The van der Waals surface area contributed by atoms with Crippen LogP contribution < -0.4 is 10.6 Å². The molecule has 38 heavy (non-hydrogen) atoms. The molecule has 3 heterocycles. The quantitative estimate of drug-likeness (QED) is 0.265. The molecule has 2 aromatic carbocycles. The highest BCUT2D eigenvalue weighted by atomic mass is 35.5. The fraction of sp³-hybridized carbons (Fsp3) is 0.333. The largest absolute Gasteiger partial charge is 0.456 e. The molecule has 1 atom stereocenters. The maximum atomic E-state index is 12.4. The molecule has 5 rings (SSSR count). The molecule has 1 saturated heterocycles. The van der Waals surface area contributed by atoms with E-state index in [-0.39, 0.29) is 19.4 Å². The molecule has 3 N–H and O–H groups in total. The Morgan fingerprint density at radius 3 is 2.61 bits per heavy atom. The van der Waals surface area contributed by atoms with Gasteiger partial charge in [0, 0.05) is 45.8 Å². The zero-order chi connectivity index (χ0) is 26.6. The van der Waals surface area contributed by atoms with Gasteiger partial charge in [-0.25, -0.2) is 0 Å². The molecule has 2 aromatic heterocycles. The van der Waals surface area contributed by atoms with Crippen molar-refractivity contribution < 1.29 is 22.2 Å². The van der Waals surface area contributed by atoms with Crippen molar-refractivity contribution in [2.75, 3.05) is 18.1 Å². The second kappa shape index (κ2) is 12.6. The maximum absolute atomic E-state index is 12.4. The number of nitrogens with one attached hydrogen (secondary N) is 2. The van der Waals surface area contributed by atoms with Crippen molar-refractivity contribution >= 4 is 44.4 Å². The second-order valence-corrected chi connectivity index (χ2v) is 11.0. The summed E-state index contributed by atoms with van der Waals surface area (Å²) in [5.74, 6) is 1.35. The smallest absolute Gasteiger partial charge is 0.261 e. The summed E-state index contributed by atoms with van der Waals surface area (Å²) >= 11 is 6.41. The van der Waals surface area contributed by atoms with E-state index in [1.807, 2.05) is 66.2 Å². The van der Waals surface area contributed by atoms with Gasteiger partial charge in [0.1, 0.15) is 11.3 Å². The molecule has 0 unspecified atom stereocenters. The summed E-state index contributed by atoms with van der Waals surface area (Å²) in [5, 5.41) is 12.5. The first kappa shape index (κ1) is 29.4. The van der Waals surface area contributed by atoms with Gasteiger partial charge in [-0.3, -0.25) is 14.0 Å². The third-order valence-corrected chi connectivity index (χ3v) is 6.10. The number of halogens is 1. The second-order valence-electron chi connectivity index (χ2n) is 9.07. The third-order valence-electron chi connectivity index (χ3n) is 5.88. The van der Waals surface area contributed by atoms with Gasteiger partial charge < -0.3 is 15.1 Å². The van der Waals surface area contributed by atoms with Crippen LogP contribution in [0.25, 0.3) is 22.3 Å². The van der Waals surface area contributed by atoms with E-state index < -0.39 is 10.1 Å². The van der Waals surface area contributed by atoms with E-state index in [0.29, 0.717) is 30.1 Å². The molecule has 0 spiro atoms. The van der Waals surface area contributed by atoms with Crippen LogP contribution in [0.4, 0.5) is 5.82 Å². The van der Waals surface area contributed by atoms with E-state index in [2.05, 4.69) is 15.7 Å². The van der Waals surface area contributed by atoms with E-state index in [1.54, 1.807) is 0 Å². The normalized spacial score (nSPS) is 15.0. The summed E-state index contributed by atoms with van der Waals surface area (Å²) in [6, 6.07) is 18.0. The zero-order valence-corrected chi connectivity index (χ0v) is 22.1. The number of anilines is 1. The minimum atomic E-state index is -3.67. The first-order valence-electron chi connectivity index (χ1n) is 11.8. The Balaban J connectivity index is 0.000000612. The zero-order valence-electron chi connectivity index (χ0n) is 20.6. The van der Waals surface area contributed by atoms with Crippen molar-refractivity contribution in [2.45, 2.75) is 46.2 Å². The summed E-state index contributed by atoms with van der Waals surface area (Å²) in [4.78, 5) is 12.4. The number of benzene rings is 2. The number of aromatic nitrogens is 2. The SMILES string of the molecule is C.CS(=O)(=O)O.Cc1cc(NC(=O)C[C@@H]2CCCN2)nn1Cc1cc(Cl)cc2cc(-c3ccccc3)oc12. The van der Waals surface area contributed by atoms with Gasteiger partial charge in [0.15, 0.2) is 5.82 Å². The number of nitrogens with zero attached hydrogens (tertiary/aromatic N) is 2. The number of hydrogen-bond donors (Lipinski definition) is 3. The van der Waals surface area contributed by atoms with Crippen molar-refractivity contribution in [3.8, 4) is 11.3 Å². The van der Waals surface area contributed by atoms with Crippen LogP contribution in [0.15, 0.2) is 59.0 Å². The summed E-state index contributed by atoms with van der Waals surface area (Å²) < 4.78 is 34.0. The number of carbonyl (C=O) groups excluding carboxylic acids is 1. The molecule has 4 aromatic rings. The predicted molar refractivity (Wildman–Crippen MR) is 151 cm³/mol. The molecule has 0 bridgehead atoms. The van der Waals surface area contributed by atoms with Gasteiger partial charge >= 0.3 is 0 Å². The van der Waals surface area contributed by atoms with Crippen molar-refractivity contribution in [1.82, 2.24) is 15.1 Å². The van der Waals surface area contributed by atoms with Crippen LogP contribution >= 0.6 is 11.6 Å². The number of carbonyl (C=O) groups is 1. The van der Waals surface area contributed by atoms with Crippen LogP contribution in [-0.4, -0.2) is 47.5 Å². The van der Waals surface area contributed by atoms with Crippen molar-refractivity contribution in [2.24, 2.45) is 0 Å². The van der Waals surface area contributed by atoms with E-state index in [4.69, 9.17) is 20.6 Å². The number of fused-ring (bicyclic) bond motifs is 1. The molecular formula is C27H33ClN4O5S. The van der Waals surface area contributed by atoms with E-state index in [1.165, 1.54) is 0 Å². The summed E-state index contributed by atoms with van der Waals surface area (Å²) in [5.41, 5.74) is 3.69. The number of furan rings is 1. The summed E-state index contributed by atoms with van der Waals surface area (Å²) in [6.07, 6.45) is 3.35. The van der Waals surface area contributed by atoms with Gasteiger partial charge in [0.05, 0.1) is 12.8 Å². The fourth-order valence-corrected chi connectivity index (χ4v) is 4.54. The average Bonchev–Trinajstić information content (AvgIpc) is 3.54. The van der Waals surface area contributed by atoms with Crippen LogP contribution in [0, 0.1) is 6.92 Å². The summed E-state index contributed by atoms with van der Waals surface area (Å²) in [6.45, 7) is 3.45.